The topological polar surface area (TPSA) is 60.4 Å². The van der Waals surface area contributed by atoms with Gasteiger partial charge in [0, 0.05) is 6.54 Å². The number of ether oxygens (including phenoxy) is 4. The highest BCUT2D eigenvalue weighted by Gasteiger charge is 2.53. The first-order chi connectivity index (χ1) is 12.7. The Morgan fingerprint density at radius 2 is 1.54 bits per heavy atom. The molecule has 6 heteroatoms. The van der Waals surface area contributed by atoms with E-state index in [1.165, 1.54) is 5.56 Å². The van der Waals surface area contributed by atoms with Gasteiger partial charge in [0.1, 0.15) is 6.10 Å². The molecule has 4 aliphatic rings. The number of benzene rings is 2. The molecule has 0 aromatic heterocycles. The molecule has 0 radical (unpaired) electrons. The summed E-state index contributed by atoms with van der Waals surface area (Å²) in [6.07, 6.45) is 1.01. The number of nitrogens with zero attached hydrogens (tertiary/aromatic N) is 1. The summed E-state index contributed by atoms with van der Waals surface area (Å²) in [4.78, 5) is 2.27. The van der Waals surface area contributed by atoms with E-state index in [4.69, 9.17) is 18.9 Å². The smallest absolute Gasteiger partial charge is 0.231 e. The number of fused-ring (bicyclic) bond motifs is 5. The van der Waals surface area contributed by atoms with Gasteiger partial charge in [-0.3, -0.25) is 4.90 Å². The second-order valence-corrected chi connectivity index (χ2v) is 7.44. The fraction of sp³-hybridized carbons (Fsp3) is 0.400. The van der Waals surface area contributed by atoms with E-state index >= 15 is 0 Å². The Balaban J connectivity index is 1.54. The second kappa shape index (κ2) is 4.84. The molecule has 134 valence electrons. The van der Waals surface area contributed by atoms with Gasteiger partial charge in [0.2, 0.25) is 13.6 Å². The standard InChI is InChI=1S/C20H19NO5/c1-21-3-2-11-4-15-18(26-10-23-15)7-14(11)20(21)8-12-5-16-17(25-9-24-16)6-13(12)19(20)22/h4-7,19,22H,2-3,8-10H2,1H3/t19-,20?/m0/s1. The van der Waals surface area contributed by atoms with Gasteiger partial charge in [-0.25, -0.2) is 0 Å². The fourth-order valence-corrected chi connectivity index (χ4v) is 4.93. The van der Waals surface area contributed by atoms with Gasteiger partial charge in [0.25, 0.3) is 0 Å². The van der Waals surface area contributed by atoms with Gasteiger partial charge in [-0.15, -0.1) is 0 Å². The van der Waals surface area contributed by atoms with Crippen LogP contribution in [-0.2, 0) is 18.4 Å². The van der Waals surface area contributed by atoms with Crippen LogP contribution in [-0.4, -0.2) is 37.2 Å². The summed E-state index contributed by atoms with van der Waals surface area (Å²) in [5.41, 5.74) is 3.87. The highest BCUT2D eigenvalue weighted by molar-refractivity contribution is 5.58. The summed E-state index contributed by atoms with van der Waals surface area (Å²) < 4.78 is 22.2. The van der Waals surface area contributed by atoms with E-state index in [0.29, 0.717) is 5.75 Å². The summed E-state index contributed by atoms with van der Waals surface area (Å²) in [6.45, 7) is 1.38. The lowest BCUT2D eigenvalue weighted by atomic mass is 9.77. The van der Waals surface area contributed by atoms with Gasteiger partial charge >= 0.3 is 0 Å². The average Bonchev–Trinajstić information content (AvgIpc) is 3.34. The maximum Gasteiger partial charge on any atom is 0.231 e. The van der Waals surface area contributed by atoms with Gasteiger partial charge in [0.15, 0.2) is 23.0 Å². The van der Waals surface area contributed by atoms with Crippen molar-refractivity contribution < 1.29 is 24.1 Å². The Kier molecular flexibility index (Phi) is 2.74. The van der Waals surface area contributed by atoms with Gasteiger partial charge in [0.05, 0.1) is 5.54 Å². The van der Waals surface area contributed by atoms with E-state index in [0.717, 1.165) is 53.3 Å². The molecule has 0 fully saturated rings. The number of aliphatic hydroxyl groups excluding tert-OH is 1. The minimum Gasteiger partial charge on any atom is -0.454 e. The average molecular weight is 353 g/mol. The first-order valence-corrected chi connectivity index (χ1v) is 8.91. The second-order valence-electron chi connectivity index (χ2n) is 7.44. The molecule has 6 nitrogen and oxygen atoms in total. The monoisotopic (exact) mass is 353 g/mol. The Labute approximate surface area is 150 Å². The van der Waals surface area contributed by atoms with Crippen molar-refractivity contribution in [2.45, 2.75) is 24.5 Å². The third kappa shape index (κ3) is 1.68. The van der Waals surface area contributed by atoms with Crippen LogP contribution in [0.15, 0.2) is 24.3 Å². The first-order valence-electron chi connectivity index (χ1n) is 8.91. The third-order valence-electron chi connectivity index (χ3n) is 6.30. The van der Waals surface area contributed by atoms with E-state index in [-0.39, 0.29) is 13.6 Å². The molecular weight excluding hydrogens is 334 g/mol. The van der Waals surface area contributed by atoms with E-state index in [1.54, 1.807) is 0 Å². The molecule has 0 saturated heterocycles. The highest BCUT2D eigenvalue weighted by atomic mass is 16.7. The lowest BCUT2D eigenvalue weighted by Crippen LogP contribution is -2.51. The van der Waals surface area contributed by atoms with Crippen LogP contribution in [0.25, 0.3) is 0 Å². The molecule has 3 aliphatic heterocycles. The number of likely N-dealkylation sites (N-methyl/N-ethyl adjacent to an activating group) is 1. The van der Waals surface area contributed by atoms with Gasteiger partial charge in [-0.1, -0.05) is 0 Å². The summed E-state index contributed by atoms with van der Waals surface area (Å²) in [5, 5.41) is 11.4. The van der Waals surface area contributed by atoms with Crippen LogP contribution < -0.4 is 18.9 Å². The minimum atomic E-state index is -0.642. The van der Waals surface area contributed by atoms with Crippen LogP contribution >= 0.6 is 0 Å². The number of aliphatic hydroxyl groups is 1. The van der Waals surface area contributed by atoms with Crippen LogP contribution in [0.1, 0.15) is 28.4 Å². The Morgan fingerprint density at radius 1 is 0.923 bits per heavy atom. The summed E-state index contributed by atoms with van der Waals surface area (Å²) >= 11 is 0. The molecule has 2 aromatic carbocycles. The zero-order valence-electron chi connectivity index (χ0n) is 14.4. The molecule has 26 heavy (non-hydrogen) atoms. The zero-order chi connectivity index (χ0) is 17.5. The maximum atomic E-state index is 11.4. The fourth-order valence-electron chi connectivity index (χ4n) is 4.93. The Bertz CT molecular complexity index is 942. The minimum absolute atomic E-state index is 0.242. The van der Waals surface area contributed by atoms with Crippen molar-refractivity contribution in [2.24, 2.45) is 0 Å². The van der Waals surface area contributed by atoms with Crippen LogP contribution in [0.3, 0.4) is 0 Å². The summed E-state index contributed by atoms with van der Waals surface area (Å²) in [5.74, 6) is 3.03. The van der Waals surface area contributed by atoms with Crippen molar-refractivity contribution in [3.8, 4) is 23.0 Å². The predicted octanol–water partition coefficient (Wildman–Crippen LogP) is 2.12. The molecule has 1 aliphatic carbocycles. The van der Waals surface area contributed by atoms with Crippen LogP contribution in [0, 0.1) is 0 Å². The summed E-state index contributed by atoms with van der Waals surface area (Å²) in [6, 6.07) is 8.09. The van der Waals surface area contributed by atoms with Crippen molar-refractivity contribution in [2.75, 3.05) is 27.2 Å². The predicted molar refractivity (Wildman–Crippen MR) is 91.8 cm³/mol. The normalized spacial score (nSPS) is 27.7. The lowest BCUT2D eigenvalue weighted by Gasteiger charge is -2.46. The molecule has 0 bridgehead atoms. The number of hydrogen-bond donors (Lipinski definition) is 1. The van der Waals surface area contributed by atoms with Crippen LogP contribution in [0.2, 0.25) is 0 Å². The van der Waals surface area contributed by atoms with Gasteiger partial charge in [-0.05, 0) is 66.4 Å². The van der Waals surface area contributed by atoms with Crippen LogP contribution in [0.4, 0.5) is 0 Å². The molecule has 1 N–H and O–H groups in total. The molecule has 1 spiro atoms. The van der Waals surface area contributed by atoms with E-state index in [2.05, 4.69) is 24.1 Å². The van der Waals surface area contributed by atoms with Crippen molar-refractivity contribution in [3.05, 3.63) is 46.5 Å². The van der Waals surface area contributed by atoms with Crippen molar-refractivity contribution in [1.82, 2.24) is 4.90 Å². The van der Waals surface area contributed by atoms with Crippen molar-refractivity contribution in [3.63, 3.8) is 0 Å². The third-order valence-corrected chi connectivity index (χ3v) is 6.30. The summed E-state index contributed by atoms with van der Waals surface area (Å²) in [7, 11) is 2.09. The van der Waals surface area contributed by atoms with E-state index in [9.17, 15) is 5.11 Å². The number of hydrogen-bond acceptors (Lipinski definition) is 6. The quantitative estimate of drug-likeness (QED) is 0.783. The molecule has 2 aromatic rings. The maximum absolute atomic E-state index is 11.4. The van der Waals surface area contributed by atoms with Crippen molar-refractivity contribution in [1.29, 1.82) is 0 Å². The van der Waals surface area contributed by atoms with E-state index < -0.39 is 11.6 Å². The SMILES string of the molecule is CN1CCc2cc3c(cc2C12Cc1cc4c(cc1[C@@H]2O)OCO4)OCO3. The number of rotatable bonds is 0. The molecule has 3 heterocycles. The molecule has 6 rings (SSSR count). The largest absolute Gasteiger partial charge is 0.454 e. The Hall–Kier alpha value is -2.44. The molecule has 1 unspecified atom stereocenters. The molecule has 2 atom stereocenters. The molecular formula is C20H19NO5. The van der Waals surface area contributed by atoms with Crippen molar-refractivity contribution >= 4 is 0 Å². The molecule has 0 saturated carbocycles. The molecule has 0 amide bonds. The Morgan fingerprint density at radius 3 is 2.27 bits per heavy atom. The van der Waals surface area contributed by atoms with Gasteiger partial charge in [-0.2, -0.15) is 0 Å². The lowest BCUT2D eigenvalue weighted by molar-refractivity contribution is -0.0196. The zero-order valence-corrected chi connectivity index (χ0v) is 14.4. The van der Waals surface area contributed by atoms with Crippen LogP contribution in [0.5, 0.6) is 23.0 Å². The highest BCUT2D eigenvalue weighted by Crippen LogP contribution is 2.55. The van der Waals surface area contributed by atoms with Gasteiger partial charge < -0.3 is 24.1 Å². The first kappa shape index (κ1) is 14.7. The van der Waals surface area contributed by atoms with E-state index in [1.807, 2.05) is 12.1 Å².